The molecular formula is C10H11BrF3NO. The molecule has 2 nitrogen and oxygen atoms in total. The van der Waals surface area contributed by atoms with E-state index in [0.717, 1.165) is 5.56 Å². The van der Waals surface area contributed by atoms with Crippen LogP contribution >= 0.6 is 15.9 Å². The second-order valence-corrected chi connectivity index (χ2v) is 4.24. The van der Waals surface area contributed by atoms with E-state index >= 15 is 0 Å². The van der Waals surface area contributed by atoms with Gasteiger partial charge in [0.25, 0.3) is 0 Å². The molecule has 90 valence electrons. The molecule has 0 heterocycles. The van der Waals surface area contributed by atoms with Gasteiger partial charge in [0.1, 0.15) is 5.75 Å². The molecule has 0 fully saturated rings. The third kappa shape index (κ3) is 4.02. The topological polar surface area (TPSA) is 35.2 Å². The molecule has 6 heteroatoms. The Morgan fingerprint density at radius 3 is 2.50 bits per heavy atom. The largest absolute Gasteiger partial charge is 0.483 e. The van der Waals surface area contributed by atoms with Crippen molar-refractivity contribution in [3.05, 3.63) is 28.2 Å². The SMILES string of the molecule is C[C@H](N)c1ccc(OCC(F)(F)F)c(Br)c1. The van der Waals surface area contributed by atoms with Gasteiger partial charge in [0.2, 0.25) is 0 Å². The van der Waals surface area contributed by atoms with Crippen LogP contribution in [0.5, 0.6) is 5.75 Å². The minimum absolute atomic E-state index is 0.154. The number of hydrogen-bond donors (Lipinski definition) is 1. The lowest BCUT2D eigenvalue weighted by Crippen LogP contribution is -2.19. The van der Waals surface area contributed by atoms with Gasteiger partial charge >= 0.3 is 6.18 Å². The zero-order chi connectivity index (χ0) is 12.3. The quantitative estimate of drug-likeness (QED) is 0.928. The number of benzene rings is 1. The number of rotatable bonds is 3. The first-order valence-electron chi connectivity index (χ1n) is 4.54. The molecule has 1 atom stereocenters. The molecule has 1 aromatic carbocycles. The van der Waals surface area contributed by atoms with Gasteiger partial charge in [-0.05, 0) is 40.5 Å². The van der Waals surface area contributed by atoms with E-state index in [4.69, 9.17) is 5.73 Å². The second kappa shape index (κ2) is 5.05. The minimum atomic E-state index is -4.33. The second-order valence-electron chi connectivity index (χ2n) is 3.38. The summed E-state index contributed by atoms with van der Waals surface area (Å²) in [5.74, 6) is 0.154. The Labute approximate surface area is 99.7 Å². The van der Waals surface area contributed by atoms with Crippen molar-refractivity contribution in [2.45, 2.75) is 19.1 Å². The fraction of sp³-hybridized carbons (Fsp3) is 0.400. The van der Waals surface area contributed by atoms with E-state index in [0.29, 0.717) is 4.47 Å². The summed E-state index contributed by atoms with van der Waals surface area (Å²) in [5.41, 5.74) is 6.46. The van der Waals surface area contributed by atoms with Crippen LogP contribution in [0.15, 0.2) is 22.7 Å². The average Bonchev–Trinajstić information content (AvgIpc) is 2.14. The first kappa shape index (κ1) is 13.3. The normalized spacial score (nSPS) is 13.6. The molecule has 0 unspecified atom stereocenters. The third-order valence-electron chi connectivity index (χ3n) is 1.87. The zero-order valence-corrected chi connectivity index (χ0v) is 10.1. The number of hydrogen-bond acceptors (Lipinski definition) is 2. The number of alkyl halides is 3. The van der Waals surface area contributed by atoms with Crippen LogP contribution in [0.3, 0.4) is 0 Å². The maximum absolute atomic E-state index is 11.9. The molecule has 0 aliphatic carbocycles. The van der Waals surface area contributed by atoms with Crippen molar-refractivity contribution >= 4 is 15.9 Å². The monoisotopic (exact) mass is 297 g/mol. The average molecular weight is 298 g/mol. The van der Waals surface area contributed by atoms with Crippen LogP contribution in [0.4, 0.5) is 13.2 Å². The van der Waals surface area contributed by atoms with Gasteiger partial charge in [0, 0.05) is 6.04 Å². The minimum Gasteiger partial charge on any atom is -0.483 e. The van der Waals surface area contributed by atoms with Crippen molar-refractivity contribution in [2.24, 2.45) is 5.73 Å². The molecular weight excluding hydrogens is 287 g/mol. The van der Waals surface area contributed by atoms with Crippen molar-refractivity contribution in [1.82, 2.24) is 0 Å². The maximum Gasteiger partial charge on any atom is 0.422 e. The highest BCUT2D eigenvalue weighted by atomic mass is 79.9. The van der Waals surface area contributed by atoms with E-state index in [1.54, 1.807) is 19.1 Å². The molecule has 0 saturated carbocycles. The summed E-state index contributed by atoms with van der Waals surface area (Å²) in [6.07, 6.45) is -4.33. The lowest BCUT2D eigenvalue weighted by molar-refractivity contribution is -0.153. The van der Waals surface area contributed by atoms with Crippen LogP contribution in [-0.4, -0.2) is 12.8 Å². The van der Waals surface area contributed by atoms with E-state index in [1.165, 1.54) is 6.07 Å². The smallest absolute Gasteiger partial charge is 0.422 e. The zero-order valence-electron chi connectivity index (χ0n) is 8.51. The molecule has 0 saturated heterocycles. The fourth-order valence-corrected chi connectivity index (χ4v) is 1.59. The Morgan fingerprint density at radius 1 is 1.44 bits per heavy atom. The Balaban J connectivity index is 2.76. The first-order valence-corrected chi connectivity index (χ1v) is 5.33. The fourth-order valence-electron chi connectivity index (χ4n) is 1.08. The molecule has 0 spiro atoms. The number of halogens is 4. The van der Waals surface area contributed by atoms with E-state index in [1.807, 2.05) is 0 Å². The summed E-state index contributed by atoms with van der Waals surface area (Å²) in [4.78, 5) is 0. The maximum atomic E-state index is 11.9. The Hall–Kier alpha value is -0.750. The molecule has 0 aromatic heterocycles. The lowest BCUT2D eigenvalue weighted by atomic mass is 10.1. The van der Waals surface area contributed by atoms with Crippen LogP contribution in [0.1, 0.15) is 18.5 Å². The van der Waals surface area contributed by atoms with Crippen LogP contribution in [0.2, 0.25) is 0 Å². The molecule has 0 radical (unpaired) electrons. The Kier molecular flexibility index (Phi) is 4.21. The summed E-state index contributed by atoms with van der Waals surface area (Å²) in [6.45, 7) is 0.487. The molecule has 16 heavy (non-hydrogen) atoms. The highest BCUT2D eigenvalue weighted by Crippen LogP contribution is 2.29. The summed E-state index contributed by atoms with van der Waals surface area (Å²) < 4.78 is 40.8. The molecule has 0 aliphatic rings. The number of ether oxygens (including phenoxy) is 1. The van der Waals surface area contributed by atoms with E-state index < -0.39 is 12.8 Å². The predicted molar refractivity (Wildman–Crippen MR) is 58.3 cm³/mol. The van der Waals surface area contributed by atoms with Crippen LogP contribution in [0, 0.1) is 0 Å². The van der Waals surface area contributed by atoms with Crippen molar-refractivity contribution in [1.29, 1.82) is 0 Å². The van der Waals surface area contributed by atoms with Crippen LogP contribution < -0.4 is 10.5 Å². The van der Waals surface area contributed by atoms with Crippen molar-refractivity contribution < 1.29 is 17.9 Å². The summed E-state index contributed by atoms with van der Waals surface area (Å²) in [5, 5.41) is 0. The molecule has 1 aromatic rings. The Morgan fingerprint density at radius 2 is 2.06 bits per heavy atom. The predicted octanol–water partition coefficient (Wildman–Crippen LogP) is 3.41. The summed E-state index contributed by atoms with van der Waals surface area (Å²) in [6, 6.07) is 4.58. The van der Waals surface area contributed by atoms with E-state index in [9.17, 15) is 13.2 Å². The number of nitrogens with two attached hydrogens (primary N) is 1. The third-order valence-corrected chi connectivity index (χ3v) is 2.49. The lowest BCUT2D eigenvalue weighted by Gasteiger charge is -2.12. The van der Waals surface area contributed by atoms with Gasteiger partial charge in [0.05, 0.1) is 4.47 Å². The van der Waals surface area contributed by atoms with Crippen LogP contribution in [0.25, 0.3) is 0 Å². The van der Waals surface area contributed by atoms with Gasteiger partial charge in [-0.3, -0.25) is 0 Å². The van der Waals surface area contributed by atoms with Gasteiger partial charge < -0.3 is 10.5 Å². The molecule has 0 aliphatic heterocycles. The van der Waals surface area contributed by atoms with Crippen molar-refractivity contribution in [3.8, 4) is 5.75 Å². The highest BCUT2D eigenvalue weighted by Gasteiger charge is 2.28. The molecule has 1 rings (SSSR count). The van der Waals surface area contributed by atoms with Gasteiger partial charge in [-0.15, -0.1) is 0 Å². The van der Waals surface area contributed by atoms with Gasteiger partial charge in [-0.2, -0.15) is 13.2 Å². The van der Waals surface area contributed by atoms with Crippen molar-refractivity contribution in [2.75, 3.05) is 6.61 Å². The summed E-state index contributed by atoms with van der Waals surface area (Å²) >= 11 is 3.14. The first-order chi connectivity index (χ1) is 7.29. The molecule has 0 amide bonds. The highest BCUT2D eigenvalue weighted by molar-refractivity contribution is 9.10. The van der Waals surface area contributed by atoms with Gasteiger partial charge in [0.15, 0.2) is 6.61 Å². The van der Waals surface area contributed by atoms with Gasteiger partial charge in [-0.1, -0.05) is 6.07 Å². The van der Waals surface area contributed by atoms with E-state index in [2.05, 4.69) is 20.7 Å². The van der Waals surface area contributed by atoms with E-state index in [-0.39, 0.29) is 11.8 Å². The Bertz CT molecular complexity index is 366. The molecule has 2 N–H and O–H groups in total. The van der Waals surface area contributed by atoms with Crippen LogP contribution in [-0.2, 0) is 0 Å². The summed E-state index contributed by atoms with van der Waals surface area (Å²) in [7, 11) is 0. The van der Waals surface area contributed by atoms with Crippen molar-refractivity contribution in [3.63, 3.8) is 0 Å². The van der Waals surface area contributed by atoms with Gasteiger partial charge in [-0.25, -0.2) is 0 Å². The standard InChI is InChI=1S/C10H11BrF3NO/c1-6(15)7-2-3-9(8(11)4-7)16-5-10(12,13)14/h2-4,6H,5,15H2,1H3/t6-/m0/s1. The molecule has 0 bridgehead atoms.